The Balaban J connectivity index is 1.71. The summed E-state index contributed by atoms with van der Waals surface area (Å²) in [6.45, 7) is 2.37. The summed E-state index contributed by atoms with van der Waals surface area (Å²) in [4.78, 5) is 8.47. The minimum Gasteiger partial charge on any atom is -0.396 e. The molecule has 2 N–H and O–H groups in total. The standard InChI is InChI=1S/C14H14N8O/c1-8-9(12(15)13-14(17-8)20-23-19-13)6-22-4-3-10(18-22)11-5-16-7-21(11)2/h3-5,7H,6,15H2,1-2H3. The lowest BCUT2D eigenvalue weighted by molar-refractivity contribution is 0.315. The van der Waals surface area contributed by atoms with Crippen molar-refractivity contribution in [2.24, 2.45) is 7.05 Å². The van der Waals surface area contributed by atoms with Gasteiger partial charge < -0.3 is 10.3 Å². The first-order valence-corrected chi connectivity index (χ1v) is 7.01. The van der Waals surface area contributed by atoms with E-state index in [2.05, 4.69) is 25.4 Å². The van der Waals surface area contributed by atoms with Crippen LogP contribution in [0.25, 0.3) is 22.6 Å². The topological polar surface area (TPSA) is 113 Å². The highest BCUT2D eigenvalue weighted by molar-refractivity contribution is 5.85. The molecule has 4 aromatic heterocycles. The number of imidazole rings is 1. The van der Waals surface area contributed by atoms with Crippen LogP contribution in [0.2, 0.25) is 0 Å². The van der Waals surface area contributed by atoms with Crippen molar-refractivity contribution in [3.8, 4) is 11.4 Å². The molecule has 0 aliphatic carbocycles. The summed E-state index contributed by atoms with van der Waals surface area (Å²) >= 11 is 0. The summed E-state index contributed by atoms with van der Waals surface area (Å²) in [5.74, 6) is 0. The number of aryl methyl sites for hydroxylation is 2. The van der Waals surface area contributed by atoms with Crippen molar-refractivity contribution >= 4 is 16.9 Å². The number of aromatic nitrogens is 7. The number of nitrogen functional groups attached to an aromatic ring is 1. The zero-order chi connectivity index (χ0) is 16.0. The molecule has 116 valence electrons. The summed E-state index contributed by atoms with van der Waals surface area (Å²) < 4.78 is 8.42. The van der Waals surface area contributed by atoms with E-state index in [4.69, 9.17) is 10.4 Å². The molecule has 0 saturated carbocycles. The largest absolute Gasteiger partial charge is 0.396 e. The van der Waals surface area contributed by atoms with Crippen LogP contribution in [-0.4, -0.2) is 34.6 Å². The summed E-state index contributed by atoms with van der Waals surface area (Å²) in [6, 6.07) is 1.94. The second kappa shape index (κ2) is 4.90. The lowest BCUT2D eigenvalue weighted by atomic mass is 10.1. The van der Waals surface area contributed by atoms with Crippen molar-refractivity contribution in [2.75, 3.05) is 5.73 Å². The van der Waals surface area contributed by atoms with Gasteiger partial charge in [0.2, 0.25) is 5.65 Å². The maximum absolute atomic E-state index is 6.18. The number of hydrogen-bond acceptors (Lipinski definition) is 7. The highest BCUT2D eigenvalue weighted by atomic mass is 16.6. The van der Waals surface area contributed by atoms with Gasteiger partial charge in [0.1, 0.15) is 5.69 Å². The fraction of sp³-hybridized carbons (Fsp3) is 0.214. The molecule has 4 aromatic rings. The molecule has 0 amide bonds. The number of anilines is 1. The number of pyridine rings is 1. The molecule has 0 bridgehead atoms. The molecule has 0 saturated heterocycles. The number of rotatable bonds is 3. The molecule has 0 aromatic carbocycles. The maximum atomic E-state index is 6.18. The fourth-order valence-corrected chi connectivity index (χ4v) is 2.54. The fourth-order valence-electron chi connectivity index (χ4n) is 2.54. The average Bonchev–Trinajstić information content (AvgIpc) is 3.23. The lowest BCUT2D eigenvalue weighted by Gasteiger charge is -2.08. The molecule has 0 atom stereocenters. The van der Waals surface area contributed by atoms with Gasteiger partial charge in [-0.15, -0.1) is 0 Å². The predicted octanol–water partition coefficient (Wildman–Crippen LogP) is 1.15. The minimum absolute atomic E-state index is 0.416. The first-order chi connectivity index (χ1) is 11.1. The van der Waals surface area contributed by atoms with Crippen LogP contribution in [0.15, 0.2) is 29.4 Å². The third kappa shape index (κ3) is 2.13. The molecular formula is C14H14N8O. The monoisotopic (exact) mass is 310 g/mol. The van der Waals surface area contributed by atoms with E-state index in [-0.39, 0.29) is 0 Å². The van der Waals surface area contributed by atoms with Gasteiger partial charge in [-0.1, -0.05) is 0 Å². The third-order valence-corrected chi connectivity index (χ3v) is 3.80. The normalized spacial score (nSPS) is 11.4. The molecule has 0 radical (unpaired) electrons. The first kappa shape index (κ1) is 13.4. The number of nitrogens with two attached hydrogens (primary N) is 1. The maximum Gasteiger partial charge on any atom is 0.226 e. The Morgan fingerprint density at radius 3 is 2.96 bits per heavy atom. The van der Waals surface area contributed by atoms with Crippen molar-refractivity contribution in [1.82, 2.24) is 34.6 Å². The molecule has 23 heavy (non-hydrogen) atoms. The zero-order valence-corrected chi connectivity index (χ0v) is 12.6. The second-order valence-electron chi connectivity index (χ2n) is 5.31. The molecule has 0 spiro atoms. The van der Waals surface area contributed by atoms with Crippen LogP contribution in [0.4, 0.5) is 5.69 Å². The van der Waals surface area contributed by atoms with Gasteiger partial charge in [-0.3, -0.25) is 4.68 Å². The Labute approximate surface area is 130 Å². The highest BCUT2D eigenvalue weighted by Gasteiger charge is 2.15. The Hall–Kier alpha value is -3.23. The van der Waals surface area contributed by atoms with E-state index in [9.17, 15) is 0 Å². The van der Waals surface area contributed by atoms with E-state index >= 15 is 0 Å². The van der Waals surface area contributed by atoms with E-state index in [0.29, 0.717) is 23.4 Å². The number of hydrogen-bond donors (Lipinski definition) is 1. The van der Waals surface area contributed by atoms with Gasteiger partial charge in [-0.2, -0.15) is 5.10 Å². The van der Waals surface area contributed by atoms with E-state index < -0.39 is 0 Å². The van der Waals surface area contributed by atoms with E-state index in [1.807, 2.05) is 35.5 Å². The Kier molecular flexibility index (Phi) is 2.86. The Bertz CT molecular complexity index is 995. The van der Waals surface area contributed by atoms with Crippen LogP contribution >= 0.6 is 0 Å². The molecule has 4 rings (SSSR count). The van der Waals surface area contributed by atoms with Crippen molar-refractivity contribution in [2.45, 2.75) is 13.5 Å². The summed E-state index contributed by atoms with van der Waals surface area (Å²) in [6.07, 6.45) is 5.42. The molecule has 0 aliphatic rings. The van der Waals surface area contributed by atoms with Crippen molar-refractivity contribution in [3.63, 3.8) is 0 Å². The Morgan fingerprint density at radius 2 is 2.17 bits per heavy atom. The second-order valence-corrected chi connectivity index (χ2v) is 5.31. The van der Waals surface area contributed by atoms with Crippen LogP contribution in [0.5, 0.6) is 0 Å². The van der Waals surface area contributed by atoms with Gasteiger partial charge in [-0.05, 0) is 23.3 Å². The van der Waals surface area contributed by atoms with Crippen LogP contribution in [0.1, 0.15) is 11.3 Å². The summed E-state index contributed by atoms with van der Waals surface area (Å²) in [5, 5.41) is 12.1. The number of fused-ring (bicyclic) bond motifs is 1. The van der Waals surface area contributed by atoms with Crippen LogP contribution < -0.4 is 5.73 Å². The molecule has 0 unspecified atom stereocenters. The minimum atomic E-state index is 0.416. The first-order valence-electron chi connectivity index (χ1n) is 7.01. The molecule has 0 aliphatic heterocycles. The molecule has 9 heteroatoms. The lowest BCUT2D eigenvalue weighted by Crippen LogP contribution is -2.08. The van der Waals surface area contributed by atoms with Gasteiger partial charge in [0.05, 0.1) is 30.5 Å². The summed E-state index contributed by atoms with van der Waals surface area (Å²) in [5.41, 5.74) is 11.0. The van der Waals surface area contributed by atoms with Crippen LogP contribution in [0.3, 0.4) is 0 Å². The van der Waals surface area contributed by atoms with Crippen LogP contribution in [0, 0.1) is 6.92 Å². The predicted molar refractivity (Wildman–Crippen MR) is 82.3 cm³/mol. The van der Waals surface area contributed by atoms with E-state index in [0.717, 1.165) is 22.6 Å². The summed E-state index contributed by atoms with van der Waals surface area (Å²) in [7, 11) is 1.93. The highest BCUT2D eigenvalue weighted by Crippen LogP contribution is 2.24. The average molecular weight is 310 g/mol. The SMILES string of the molecule is Cc1nc2nonc2c(N)c1Cn1ccc(-c2cncn2C)n1. The van der Waals surface area contributed by atoms with Crippen molar-refractivity contribution < 1.29 is 4.63 Å². The quantitative estimate of drug-likeness (QED) is 0.603. The molecular weight excluding hydrogens is 296 g/mol. The van der Waals surface area contributed by atoms with E-state index in [1.165, 1.54) is 0 Å². The van der Waals surface area contributed by atoms with Gasteiger partial charge in [0, 0.05) is 24.5 Å². The Morgan fingerprint density at radius 1 is 1.30 bits per heavy atom. The molecule has 4 heterocycles. The molecule has 0 fully saturated rings. The number of nitrogens with zero attached hydrogens (tertiary/aromatic N) is 7. The van der Waals surface area contributed by atoms with Gasteiger partial charge in [0.15, 0.2) is 5.52 Å². The molecule has 9 nitrogen and oxygen atoms in total. The van der Waals surface area contributed by atoms with Gasteiger partial charge >= 0.3 is 0 Å². The smallest absolute Gasteiger partial charge is 0.226 e. The zero-order valence-electron chi connectivity index (χ0n) is 12.6. The van der Waals surface area contributed by atoms with Gasteiger partial charge in [-0.25, -0.2) is 14.6 Å². The van der Waals surface area contributed by atoms with E-state index in [1.54, 1.807) is 12.5 Å². The van der Waals surface area contributed by atoms with Gasteiger partial charge in [0.25, 0.3) is 0 Å². The van der Waals surface area contributed by atoms with Crippen LogP contribution in [-0.2, 0) is 13.6 Å². The third-order valence-electron chi connectivity index (χ3n) is 3.80. The van der Waals surface area contributed by atoms with Crippen molar-refractivity contribution in [3.05, 3.63) is 36.0 Å². The van der Waals surface area contributed by atoms with Crippen molar-refractivity contribution in [1.29, 1.82) is 0 Å².